The van der Waals surface area contributed by atoms with Crippen LogP contribution in [0.25, 0.3) is 0 Å². The smallest absolute Gasteiger partial charge is 0.319 e. The second-order valence-corrected chi connectivity index (χ2v) is 2.82. The highest BCUT2D eigenvalue weighted by Gasteiger charge is 2.36. The molecule has 0 bridgehead atoms. The minimum absolute atomic E-state index is 0.623. The number of alkyl halides is 5. The fourth-order valence-corrected chi connectivity index (χ4v) is 1.07. The highest BCUT2D eigenvalue weighted by atomic mass is 19.4. The number of rotatable bonds is 2. The number of pyridine rings is 1. The molecule has 0 aliphatic heterocycles. The molecular weight excluding hydrogens is 219 g/mol. The van der Waals surface area contributed by atoms with Crippen LogP contribution in [-0.2, 0) is 6.18 Å². The summed E-state index contributed by atoms with van der Waals surface area (Å²) in [7, 11) is 0. The van der Waals surface area contributed by atoms with E-state index in [0.717, 1.165) is 6.20 Å². The molecule has 1 aromatic heterocycles. The monoisotopic (exact) mass is 226 g/mol. The Kier molecular flexibility index (Phi) is 3.23. The molecule has 1 atom stereocenters. The van der Waals surface area contributed by atoms with E-state index in [9.17, 15) is 22.0 Å². The van der Waals surface area contributed by atoms with Crippen LogP contribution in [0, 0.1) is 0 Å². The van der Waals surface area contributed by atoms with Gasteiger partial charge in [-0.25, -0.2) is 8.78 Å². The number of nitrogens with zero attached hydrogens (tertiary/aromatic N) is 1. The lowest BCUT2D eigenvalue weighted by Gasteiger charge is -2.16. The van der Waals surface area contributed by atoms with Gasteiger partial charge in [-0.2, -0.15) is 13.2 Å². The largest absolute Gasteiger partial charge is 0.416 e. The van der Waals surface area contributed by atoms with Crippen molar-refractivity contribution in [2.45, 2.75) is 18.6 Å². The molecule has 0 fully saturated rings. The summed E-state index contributed by atoms with van der Waals surface area (Å²) >= 11 is 0. The van der Waals surface area contributed by atoms with Gasteiger partial charge in [-0.05, 0) is 6.07 Å². The molecule has 1 heterocycles. The van der Waals surface area contributed by atoms with Crippen LogP contribution in [0.1, 0.15) is 17.2 Å². The fraction of sp³-hybridized carbons (Fsp3) is 0.375. The summed E-state index contributed by atoms with van der Waals surface area (Å²) in [6.07, 6.45) is -6.18. The van der Waals surface area contributed by atoms with Crippen molar-refractivity contribution in [2.75, 3.05) is 0 Å². The Labute approximate surface area is 81.9 Å². The molecule has 7 heteroatoms. The molecule has 0 aliphatic rings. The zero-order valence-electron chi connectivity index (χ0n) is 7.30. The van der Waals surface area contributed by atoms with E-state index in [0.29, 0.717) is 12.3 Å². The van der Waals surface area contributed by atoms with Gasteiger partial charge in [-0.1, -0.05) is 0 Å². The van der Waals surface area contributed by atoms with Gasteiger partial charge in [-0.3, -0.25) is 4.98 Å². The molecule has 0 saturated heterocycles. The van der Waals surface area contributed by atoms with Crippen LogP contribution in [-0.4, -0.2) is 11.4 Å². The summed E-state index contributed by atoms with van der Waals surface area (Å²) in [5, 5.41) is 0. The van der Waals surface area contributed by atoms with Crippen molar-refractivity contribution in [3.63, 3.8) is 0 Å². The van der Waals surface area contributed by atoms with Gasteiger partial charge >= 0.3 is 6.18 Å². The Morgan fingerprint density at radius 2 is 1.87 bits per heavy atom. The lowest BCUT2D eigenvalue weighted by atomic mass is 10.0. The predicted molar refractivity (Wildman–Crippen MR) is 42.2 cm³/mol. The van der Waals surface area contributed by atoms with Crippen LogP contribution in [0.2, 0.25) is 0 Å². The maximum Gasteiger partial charge on any atom is 0.416 e. The van der Waals surface area contributed by atoms with Crippen molar-refractivity contribution < 1.29 is 22.0 Å². The van der Waals surface area contributed by atoms with E-state index in [-0.39, 0.29) is 0 Å². The summed E-state index contributed by atoms with van der Waals surface area (Å²) in [6, 6.07) is -1.35. The molecule has 0 aromatic carbocycles. The first kappa shape index (κ1) is 11.8. The molecule has 84 valence electrons. The van der Waals surface area contributed by atoms with Gasteiger partial charge in [0.25, 0.3) is 6.43 Å². The number of hydrogen-bond acceptors (Lipinski definition) is 2. The van der Waals surface area contributed by atoms with Crippen molar-refractivity contribution in [1.29, 1.82) is 0 Å². The second kappa shape index (κ2) is 4.09. The highest BCUT2D eigenvalue weighted by molar-refractivity contribution is 5.29. The molecule has 0 spiro atoms. The zero-order chi connectivity index (χ0) is 11.6. The average Bonchev–Trinajstić information content (AvgIpc) is 2.15. The number of aromatic nitrogens is 1. The maximum absolute atomic E-state index is 12.3. The maximum atomic E-state index is 12.3. The van der Waals surface area contributed by atoms with Gasteiger partial charge in [0.05, 0.1) is 11.6 Å². The van der Waals surface area contributed by atoms with Crippen molar-refractivity contribution in [1.82, 2.24) is 4.98 Å². The molecule has 0 saturated carbocycles. The molecule has 15 heavy (non-hydrogen) atoms. The van der Waals surface area contributed by atoms with Crippen LogP contribution in [0.5, 0.6) is 0 Å². The molecule has 1 unspecified atom stereocenters. The van der Waals surface area contributed by atoms with Gasteiger partial charge in [0.15, 0.2) is 0 Å². The van der Waals surface area contributed by atoms with E-state index in [4.69, 9.17) is 5.73 Å². The first-order valence-electron chi connectivity index (χ1n) is 3.89. The molecule has 2 nitrogen and oxygen atoms in total. The molecule has 1 rings (SSSR count). The van der Waals surface area contributed by atoms with E-state index in [1.807, 2.05) is 0 Å². The average molecular weight is 226 g/mol. The summed E-state index contributed by atoms with van der Waals surface area (Å²) < 4.78 is 61.4. The SMILES string of the molecule is NC(c1cnccc1C(F)(F)F)C(F)F. The van der Waals surface area contributed by atoms with Crippen molar-refractivity contribution in [3.05, 3.63) is 29.6 Å². The first-order valence-corrected chi connectivity index (χ1v) is 3.89. The third-order valence-corrected chi connectivity index (χ3v) is 1.79. The minimum Gasteiger partial charge on any atom is -0.319 e. The normalized spacial score (nSPS) is 14.3. The van der Waals surface area contributed by atoms with E-state index in [2.05, 4.69) is 4.98 Å². The van der Waals surface area contributed by atoms with Gasteiger partial charge < -0.3 is 5.73 Å². The number of halogens is 5. The second-order valence-electron chi connectivity index (χ2n) is 2.82. The van der Waals surface area contributed by atoms with E-state index < -0.39 is 29.8 Å². The number of hydrogen-bond donors (Lipinski definition) is 1. The summed E-state index contributed by atoms with van der Waals surface area (Å²) in [5.74, 6) is 0. The van der Waals surface area contributed by atoms with Crippen molar-refractivity contribution >= 4 is 0 Å². The zero-order valence-corrected chi connectivity index (χ0v) is 7.30. The first-order chi connectivity index (χ1) is 6.84. The Balaban J connectivity index is 3.18. The van der Waals surface area contributed by atoms with E-state index >= 15 is 0 Å². The summed E-state index contributed by atoms with van der Waals surface area (Å²) in [4.78, 5) is 3.35. The molecule has 0 amide bonds. The van der Waals surface area contributed by atoms with Crippen LogP contribution < -0.4 is 5.73 Å². The molecule has 2 N–H and O–H groups in total. The third kappa shape index (κ3) is 2.62. The summed E-state index contributed by atoms with van der Waals surface area (Å²) in [6.45, 7) is 0. The number of nitrogens with two attached hydrogens (primary N) is 1. The predicted octanol–water partition coefficient (Wildman–Crippen LogP) is 2.37. The molecule has 0 aliphatic carbocycles. The topological polar surface area (TPSA) is 38.9 Å². The highest BCUT2D eigenvalue weighted by Crippen LogP contribution is 2.34. The quantitative estimate of drug-likeness (QED) is 0.786. The van der Waals surface area contributed by atoms with Crippen LogP contribution in [0.3, 0.4) is 0 Å². The standard InChI is InChI=1S/C8H7F5N2/c9-7(10)6(14)4-3-15-2-1-5(4)8(11,12)13/h1-3,6-7H,14H2. The lowest BCUT2D eigenvalue weighted by molar-refractivity contribution is -0.138. The van der Waals surface area contributed by atoms with Gasteiger partial charge in [0.2, 0.25) is 0 Å². The Morgan fingerprint density at radius 1 is 1.27 bits per heavy atom. The molecule has 0 radical (unpaired) electrons. The van der Waals surface area contributed by atoms with Crippen LogP contribution in [0.15, 0.2) is 18.5 Å². The van der Waals surface area contributed by atoms with Gasteiger partial charge in [-0.15, -0.1) is 0 Å². The molecule has 1 aromatic rings. The lowest BCUT2D eigenvalue weighted by Crippen LogP contribution is -2.23. The van der Waals surface area contributed by atoms with E-state index in [1.54, 1.807) is 0 Å². The van der Waals surface area contributed by atoms with Crippen molar-refractivity contribution in [3.8, 4) is 0 Å². The van der Waals surface area contributed by atoms with Crippen LogP contribution >= 0.6 is 0 Å². The van der Waals surface area contributed by atoms with E-state index in [1.165, 1.54) is 0 Å². The van der Waals surface area contributed by atoms with Crippen molar-refractivity contribution in [2.24, 2.45) is 5.73 Å². The Bertz CT molecular complexity index is 336. The minimum atomic E-state index is -4.70. The summed E-state index contributed by atoms with van der Waals surface area (Å²) in [5.41, 5.74) is 3.08. The Hall–Kier alpha value is -1.24. The molecular formula is C8H7F5N2. The fourth-order valence-electron chi connectivity index (χ4n) is 1.07. The van der Waals surface area contributed by atoms with Gasteiger partial charge in [0.1, 0.15) is 0 Å². The Morgan fingerprint density at radius 3 is 2.33 bits per heavy atom. The third-order valence-electron chi connectivity index (χ3n) is 1.79. The van der Waals surface area contributed by atoms with Gasteiger partial charge in [0, 0.05) is 18.0 Å². The van der Waals surface area contributed by atoms with Crippen LogP contribution in [0.4, 0.5) is 22.0 Å².